The van der Waals surface area contributed by atoms with E-state index in [0.717, 1.165) is 137 Å². The summed E-state index contributed by atoms with van der Waals surface area (Å²) in [6, 6.07) is 123. The molecule has 0 bridgehead atoms. The van der Waals surface area contributed by atoms with Gasteiger partial charge in [-0.05, 0) is 209 Å². The lowest BCUT2D eigenvalue weighted by Gasteiger charge is -2.28. The standard InChI is InChI=1S/C40H24N2O2.C34H19NO3.C33H20N2O2/c43-39-33-15-8-14-32-30(20-21-34(38(32)33)40(44)42(39)29-19-17-25-9-4-5-10-26(25)23-29)27-18-22-37-35(24-27)31-13-6-7-16-36(31)41(37)28-11-2-1-3-12-28;36-33-27-12-5-10-24-23(25-11-6-14-30-32(25)26-9-3-4-13-29(26)38-30)17-18-28(31(24)27)34(37)35(33)22-16-15-20-7-1-2-8-21(20)19-22;36-32-28-9-5-8-27-26(22-11-13-23(14-12-22)30-10-3-4-19-34-30)17-18-29(31(27)28)33(37)35(32)25-16-15-21-6-1-2-7-24(21)20-25/h1-24H;1-19H;1-20H. The number of hydrogen-bond acceptors (Lipinski definition) is 8. The van der Waals surface area contributed by atoms with Crippen molar-refractivity contribution in [2.45, 2.75) is 0 Å². The van der Waals surface area contributed by atoms with Gasteiger partial charge in [-0.2, -0.15) is 0 Å². The van der Waals surface area contributed by atoms with Crippen molar-refractivity contribution in [2.24, 2.45) is 0 Å². The van der Waals surface area contributed by atoms with Gasteiger partial charge in [0.2, 0.25) is 0 Å². The van der Waals surface area contributed by atoms with E-state index in [2.05, 4.69) is 101 Å². The second-order valence-corrected chi connectivity index (χ2v) is 30.1. The van der Waals surface area contributed by atoms with Crippen LogP contribution in [0.5, 0.6) is 0 Å². The summed E-state index contributed by atoms with van der Waals surface area (Å²) in [5.74, 6) is -1.84. The number of rotatable bonds is 8. The van der Waals surface area contributed by atoms with Gasteiger partial charge in [-0.25, -0.2) is 14.7 Å². The molecular formula is C107H63N5O7. The lowest BCUT2D eigenvalue weighted by molar-refractivity contribution is 0.0877. The molecule has 12 nitrogen and oxygen atoms in total. The van der Waals surface area contributed by atoms with Gasteiger partial charge in [0.15, 0.2) is 0 Å². The molecule has 21 aromatic rings. The average molecular weight is 1530 g/mol. The predicted octanol–water partition coefficient (Wildman–Crippen LogP) is 25.4. The van der Waals surface area contributed by atoms with Crippen molar-refractivity contribution in [1.29, 1.82) is 0 Å². The fourth-order valence-corrected chi connectivity index (χ4v) is 18.0. The number of fused-ring (bicyclic) bond motifs is 9. The molecule has 0 saturated heterocycles. The SMILES string of the molecule is O=C1c2cccc3c(-c4ccc(-c5ccccn5)cc4)ccc(c23)C(=O)N1c1ccc2ccccc2c1.O=C1c2cccc3c(-c4ccc5c(c4)c4ccccc4n5-c4ccccc4)ccc(c23)C(=O)N1c1ccc2ccccc2c1.O=C1c2cccc3c(-c4cccc5oc6ccccc6c45)ccc(c23)C(=O)N1c1ccc2ccccc2c1. The summed E-state index contributed by atoms with van der Waals surface area (Å²) in [5, 5.41) is 15.3. The van der Waals surface area contributed by atoms with Gasteiger partial charge >= 0.3 is 0 Å². The molecule has 0 N–H and O–H groups in total. The van der Waals surface area contributed by atoms with E-state index >= 15 is 0 Å². The Kier molecular flexibility index (Phi) is 16.2. The first-order valence-corrected chi connectivity index (χ1v) is 39.4. The number of benzene rings is 18. The van der Waals surface area contributed by atoms with Crippen molar-refractivity contribution in [2.75, 3.05) is 14.7 Å². The van der Waals surface area contributed by atoms with E-state index in [9.17, 15) is 28.8 Å². The molecule has 0 saturated carbocycles. The van der Waals surface area contributed by atoms with Gasteiger partial charge in [0.25, 0.3) is 35.4 Å². The Morgan fingerprint density at radius 2 is 0.588 bits per heavy atom. The quantitative estimate of drug-likeness (QED) is 0.137. The Morgan fingerprint density at radius 3 is 1.11 bits per heavy atom. The number of nitrogens with zero attached hydrogens (tertiary/aromatic N) is 5. The zero-order valence-electron chi connectivity index (χ0n) is 63.5. The molecule has 3 aliphatic rings. The van der Waals surface area contributed by atoms with Gasteiger partial charge in [0.05, 0.1) is 33.8 Å². The smallest absolute Gasteiger partial charge is 0.265 e. The molecule has 3 aromatic heterocycles. The Morgan fingerprint density at radius 1 is 0.210 bits per heavy atom. The molecule has 6 heterocycles. The van der Waals surface area contributed by atoms with Crippen LogP contribution in [0, 0.1) is 0 Å². The number of anilines is 3. The normalized spacial score (nSPS) is 13.1. The van der Waals surface area contributed by atoms with E-state index in [4.69, 9.17) is 4.42 Å². The number of carbonyl (C=O) groups excluding carboxylic acids is 6. The van der Waals surface area contributed by atoms with Gasteiger partial charge in [-0.15, -0.1) is 0 Å². The highest BCUT2D eigenvalue weighted by Gasteiger charge is 2.39. The van der Waals surface area contributed by atoms with Crippen LogP contribution in [0.4, 0.5) is 17.1 Å². The molecule has 18 aromatic carbocycles. The molecule has 119 heavy (non-hydrogen) atoms. The molecule has 558 valence electrons. The zero-order valence-corrected chi connectivity index (χ0v) is 63.5. The lowest BCUT2D eigenvalue weighted by Crippen LogP contribution is -2.40. The maximum Gasteiger partial charge on any atom is 0.265 e. The fraction of sp³-hybridized carbons (Fsp3) is 0. The number of para-hydroxylation sites is 3. The van der Waals surface area contributed by atoms with Crippen LogP contribution in [0.2, 0.25) is 0 Å². The third kappa shape index (κ3) is 11.3. The van der Waals surface area contributed by atoms with Crippen molar-refractivity contribution in [3.63, 3.8) is 0 Å². The van der Waals surface area contributed by atoms with Gasteiger partial charge < -0.3 is 8.98 Å². The van der Waals surface area contributed by atoms with Crippen molar-refractivity contribution in [3.05, 3.63) is 416 Å². The first-order chi connectivity index (χ1) is 58.5. The summed E-state index contributed by atoms with van der Waals surface area (Å²) in [7, 11) is 0. The Balaban J connectivity index is 0.000000108. The number of furan rings is 1. The number of pyridine rings is 1. The maximum absolute atomic E-state index is 14.0. The highest BCUT2D eigenvalue weighted by atomic mass is 16.3. The molecule has 12 heteroatoms. The van der Waals surface area contributed by atoms with E-state index in [0.29, 0.717) is 66.6 Å². The highest BCUT2D eigenvalue weighted by molar-refractivity contribution is 6.40. The molecule has 24 rings (SSSR count). The summed E-state index contributed by atoms with van der Waals surface area (Å²) in [6.07, 6.45) is 1.78. The van der Waals surface area contributed by atoms with E-state index in [-0.39, 0.29) is 35.4 Å². The Labute approximate surface area is 680 Å². The van der Waals surface area contributed by atoms with Crippen molar-refractivity contribution < 1.29 is 33.2 Å². The average Bonchev–Trinajstić information content (AvgIpc) is 1.40. The molecule has 0 atom stereocenters. The van der Waals surface area contributed by atoms with Crippen LogP contribution in [-0.4, -0.2) is 45.0 Å². The minimum atomic E-state index is -0.312. The van der Waals surface area contributed by atoms with Crippen molar-refractivity contribution in [3.8, 4) is 50.3 Å². The minimum Gasteiger partial charge on any atom is -0.456 e. The summed E-state index contributed by atoms with van der Waals surface area (Å²) < 4.78 is 8.42. The maximum atomic E-state index is 14.0. The van der Waals surface area contributed by atoms with Crippen LogP contribution in [0.3, 0.4) is 0 Å². The molecule has 0 unspecified atom stereocenters. The van der Waals surface area contributed by atoms with Crippen LogP contribution in [0.25, 0.3) is 159 Å². The fourth-order valence-electron chi connectivity index (χ4n) is 18.0. The van der Waals surface area contributed by atoms with Crippen molar-refractivity contribution in [1.82, 2.24) is 9.55 Å². The van der Waals surface area contributed by atoms with E-state index in [1.807, 2.05) is 285 Å². The van der Waals surface area contributed by atoms with E-state index in [1.165, 1.54) is 20.1 Å². The summed E-state index contributed by atoms with van der Waals surface area (Å²) in [4.78, 5) is 91.3. The molecule has 0 radical (unpaired) electrons. The number of hydrogen-bond donors (Lipinski definition) is 0. The third-order valence-corrected chi connectivity index (χ3v) is 23.5. The Bertz CT molecular complexity index is 7900. The van der Waals surface area contributed by atoms with Crippen LogP contribution in [-0.2, 0) is 0 Å². The topological polar surface area (TPSA) is 143 Å². The highest BCUT2D eigenvalue weighted by Crippen LogP contribution is 2.46. The summed E-state index contributed by atoms with van der Waals surface area (Å²) in [6.45, 7) is 0. The largest absolute Gasteiger partial charge is 0.456 e. The van der Waals surface area contributed by atoms with Crippen LogP contribution in [0.1, 0.15) is 62.1 Å². The third-order valence-electron chi connectivity index (χ3n) is 23.5. The van der Waals surface area contributed by atoms with E-state index < -0.39 is 0 Å². The number of amides is 6. The first kappa shape index (κ1) is 69.4. The molecule has 0 aliphatic carbocycles. The minimum absolute atomic E-state index is 0.304. The lowest BCUT2D eigenvalue weighted by atomic mass is 9.87. The summed E-state index contributed by atoms with van der Waals surface area (Å²) >= 11 is 0. The zero-order chi connectivity index (χ0) is 79.7. The second kappa shape index (κ2) is 27.8. The van der Waals surface area contributed by atoms with Gasteiger partial charge in [0, 0.05) is 88.5 Å². The second-order valence-electron chi connectivity index (χ2n) is 30.1. The van der Waals surface area contributed by atoms with Gasteiger partial charge in [-0.1, -0.05) is 249 Å². The summed E-state index contributed by atoms with van der Waals surface area (Å²) in [5.41, 5.74) is 17.9. The van der Waals surface area contributed by atoms with Gasteiger partial charge in [0.1, 0.15) is 11.2 Å². The number of imide groups is 3. The first-order valence-electron chi connectivity index (χ1n) is 39.4. The number of carbonyl (C=O) groups is 6. The van der Waals surface area contributed by atoms with Crippen molar-refractivity contribution >= 4 is 161 Å². The van der Waals surface area contributed by atoms with Gasteiger partial charge in [-0.3, -0.25) is 33.8 Å². The van der Waals surface area contributed by atoms with Crippen LogP contribution in [0.15, 0.2) is 387 Å². The predicted molar refractivity (Wildman–Crippen MR) is 478 cm³/mol. The van der Waals surface area contributed by atoms with E-state index in [1.54, 1.807) is 6.20 Å². The monoisotopic (exact) mass is 1530 g/mol. The van der Waals surface area contributed by atoms with Crippen LogP contribution >= 0.6 is 0 Å². The number of aromatic nitrogens is 2. The molecule has 3 aliphatic heterocycles. The van der Waals surface area contributed by atoms with Crippen LogP contribution < -0.4 is 14.7 Å². The molecule has 6 amide bonds. The molecule has 0 fully saturated rings. The Hall–Kier alpha value is -16.3. The molecule has 0 spiro atoms. The molecular weight excluding hydrogens is 1470 g/mol.